The van der Waals surface area contributed by atoms with Gasteiger partial charge in [0.1, 0.15) is 5.76 Å². The summed E-state index contributed by atoms with van der Waals surface area (Å²) in [5.74, 6) is 1.23. The zero-order valence-electron chi connectivity index (χ0n) is 15.5. The standard InChI is InChI=1S/C21H19N3O4S/c25-19(8-3-11-22-20(26)16-6-4-12-27-16)23-13-14-9-10-17(28-14)21-24-15-5-1-2-7-18(15)29-21/h1-2,4-7,9-10,12H,3,8,11,13H2,(H,22,26)(H,23,25). The summed E-state index contributed by atoms with van der Waals surface area (Å²) in [5, 5.41) is 6.35. The molecule has 4 rings (SSSR count). The van der Waals surface area contributed by atoms with Gasteiger partial charge in [-0.1, -0.05) is 12.1 Å². The lowest BCUT2D eigenvalue weighted by Crippen LogP contribution is -2.27. The summed E-state index contributed by atoms with van der Waals surface area (Å²) in [5.41, 5.74) is 0.942. The highest BCUT2D eigenvalue weighted by atomic mass is 32.1. The number of rotatable bonds is 8. The van der Waals surface area contributed by atoms with E-state index in [0.29, 0.717) is 37.5 Å². The molecule has 29 heavy (non-hydrogen) atoms. The molecule has 0 fully saturated rings. The number of hydrogen-bond donors (Lipinski definition) is 2. The van der Waals surface area contributed by atoms with Gasteiger partial charge in [0, 0.05) is 13.0 Å². The molecule has 148 valence electrons. The number of furan rings is 2. The number of aromatic nitrogens is 1. The highest BCUT2D eigenvalue weighted by Gasteiger charge is 2.11. The van der Waals surface area contributed by atoms with Gasteiger partial charge < -0.3 is 19.5 Å². The third kappa shape index (κ3) is 4.72. The van der Waals surface area contributed by atoms with E-state index in [-0.39, 0.29) is 17.6 Å². The number of para-hydroxylation sites is 1. The molecule has 2 amide bonds. The van der Waals surface area contributed by atoms with Crippen LogP contribution in [0.15, 0.2) is 63.6 Å². The molecule has 3 aromatic heterocycles. The minimum atomic E-state index is -0.284. The molecule has 3 heterocycles. The Labute approximate surface area is 170 Å². The number of carbonyl (C=O) groups excluding carboxylic acids is 2. The van der Waals surface area contributed by atoms with Crippen molar-refractivity contribution >= 4 is 33.4 Å². The van der Waals surface area contributed by atoms with Gasteiger partial charge >= 0.3 is 0 Å². The molecule has 7 nitrogen and oxygen atoms in total. The molecular weight excluding hydrogens is 390 g/mol. The van der Waals surface area contributed by atoms with Crippen LogP contribution in [0.1, 0.15) is 29.2 Å². The van der Waals surface area contributed by atoms with Crippen LogP contribution in [-0.2, 0) is 11.3 Å². The average Bonchev–Trinajstić information content (AvgIpc) is 3.48. The molecule has 0 atom stereocenters. The number of nitrogens with zero attached hydrogens (tertiary/aromatic N) is 1. The average molecular weight is 409 g/mol. The van der Waals surface area contributed by atoms with Crippen LogP contribution in [-0.4, -0.2) is 23.3 Å². The minimum absolute atomic E-state index is 0.102. The summed E-state index contributed by atoms with van der Waals surface area (Å²) < 4.78 is 11.9. The molecule has 0 saturated carbocycles. The fourth-order valence-electron chi connectivity index (χ4n) is 2.79. The molecule has 1 aromatic carbocycles. The second-order valence-electron chi connectivity index (χ2n) is 6.37. The lowest BCUT2D eigenvalue weighted by molar-refractivity contribution is -0.121. The first-order chi connectivity index (χ1) is 14.2. The molecule has 0 aliphatic carbocycles. The van der Waals surface area contributed by atoms with Gasteiger partial charge in [-0.05, 0) is 42.8 Å². The summed E-state index contributed by atoms with van der Waals surface area (Å²) in [4.78, 5) is 28.3. The molecule has 8 heteroatoms. The van der Waals surface area contributed by atoms with Gasteiger partial charge in [0.25, 0.3) is 5.91 Å². The van der Waals surface area contributed by atoms with Gasteiger partial charge in [0.2, 0.25) is 5.91 Å². The lowest BCUT2D eigenvalue weighted by Gasteiger charge is -2.04. The highest BCUT2D eigenvalue weighted by Crippen LogP contribution is 2.31. The summed E-state index contributed by atoms with van der Waals surface area (Å²) in [6.45, 7) is 0.706. The molecule has 0 saturated heterocycles. The quantitative estimate of drug-likeness (QED) is 0.429. The van der Waals surface area contributed by atoms with Crippen molar-refractivity contribution in [2.45, 2.75) is 19.4 Å². The van der Waals surface area contributed by atoms with E-state index in [4.69, 9.17) is 8.83 Å². The third-order valence-electron chi connectivity index (χ3n) is 4.24. The number of nitrogens with one attached hydrogen (secondary N) is 2. The zero-order valence-corrected chi connectivity index (χ0v) is 16.3. The van der Waals surface area contributed by atoms with Crippen molar-refractivity contribution in [2.75, 3.05) is 6.54 Å². The van der Waals surface area contributed by atoms with E-state index in [2.05, 4.69) is 15.6 Å². The maximum absolute atomic E-state index is 12.0. The monoisotopic (exact) mass is 409 g/mol. The molecule has 2 N–H and O–H groups in total. The first-order valence-electron chi connectivity index (χ1n) is 9.22. The van der Waals surface area contributed by atoms with Gasteiger partial charge in [-0.15, -0.1) is 11.3 Å². The normalized spacial score (nSPS) is 10.9. The Bertz CT molecular complexity index is 1080. The second-order valence-corrected chi connectivity index (χ2v) is 7.40. The van der Waals surface area contributed by atoms with E-state index in [0.717, 1.165) is 15.2 Å². The van der Waals surface area contributed by atoms with Crippen LogP contribution in [0.25, 0.3) is 21.0 Å². The molecule has 4 aromatic rings. The lowest BCUT2D eigenvalue weighted by atomic mass is 10.3. The van der Waals surface area contributed by atoms with Gasteiger partial charge in [-0.2, -0.15) is 0 Å². The summed E-state index contributed by atoms with van der Waals surface area (Å²) >= 11 is 1.57. The Morgan fingerprint density at radius 3 is 2.76 bits per heavy atom. The molecule has 0 bridgehead atoms. The van der Waals surface area contributed by atoms with Crippen LogP contribution < -0.4 is 10.6 Å². The van der Waals surface area contributed by atoms with Crippen molar-refractivity contribution in [3.05, 3.63) is 66.3 Å². The zero-order chi connectivity index (χ0) is 20.1. The van der Waals surface area contributed by atoms with Gasteiger partial charge in [-0.25, -0.2) is 4.98 Å². The number of fused-ring (bicyclic) bond motifs is 1. The smallest absolute Gasteiger partial charge is 0.286 e. The van der Waals surface area contributed by atoms with Crippen LogP contribution in [0.3, 0.4) is 0 Å². The van der Waals surface area contributed by atoms with Crippen molar-refractivity contribution in [2.24, 2.45) is 0 Å². The molecule has 0 aliphatic heterocycles. The van der Waals surface area contributed by atoms with E-state index in [9.17, 15) is 9.59 Å². The van der Waals surface area contributed by atoms with E-state index < -0.39 is 0 Å². The summed E-state index contributed by atoms with van der Waals surface area (Å²) in [6.07, 6.45) is 2.29. The van der Waals surface area contributed by atoms with Gasteiger partial charge in [-0.3, -0.25) is 9.59 Å². The van der Waals surface area contributed by atoms with E-state index in [1.54, 1.807) is 23.5 Å². The number of hydrogen-bond acceptors (Lipinski definition) is 6. The predicted octanol–water partition coefficient (Wildman–Crippen LogP) is 3.98. The van der Waals surface area contributed by atoms with E-state index in [1.807, 2.05) is 36.4 Å². The Kier molecular flexibility index (Phi) is 5.71. The van der Waals surface area contributed by atoms with Crippen molar-refractivity contribution in [1.29, 1.82) is 0 Å². The predicted molar refractivity (Wildman–Crippen MR) is 109 cm³/mol. The van der Waals surface area contributed by atoms with Crippen LogP contribution in [0.5, 0.6) is 0 Å². The molecule has 0 radical (unpaired) electrons. The maximum atomic E-state index is 12.0. The third-order valence-corrected chi connectivity index (χ3v) is 5.29. The summed E-state index contributed by atoms with van der Waals surface area (Å²) in [7, 11) is 0. The van der Waals surface area contributed by atoms with Crippen molar-refractivity contribution < 1.29 is 18.4 Å². The Morgan fingerprint density at radius 1 is 1.03 bits per heavy atom. The Balaban J connectivity index is 1.21. The number of thiazole rings is 1. The minimum Gasteiger partial charge on any atom is -0.459 e. The van der Waals surface area contributed by atoms with Crippen LogP contribution in [0, 0.1) is 0 Å². The number of carbonyl (C=O) groups is 2. The fraction of sp³-hybridized carbons (Fsp3) is 0.190. The number of amides is 2. The van der Waals surface area contributed by atoms with Crippen LogP contribution in [0.2, 0.25) is 0 Å². The number of benzene rings is 1. The highest BCUT2D eigenvalue weighted by molar-refractivity contribution is 7.21. The largest absolute Gasteiger partial charge is 0.459 e. The first-order valence-corrected chi connectivity index (χ1v) is 10.0. The second kappa shape index (κ2) is 8.74. The fourth-order valence-corrected chi connectivity index (χ4v) is 3.71. The van der Waals surface area contributed by atoms with Crippen LogP contribution in [0.4, 0.5) is 0 Å². The molecule has 0 aliphatic rings. The SMILES string of the molecule is O=C(CCCNC(=O)c1ccco1)NCc1ccc(-c2nc3ccccc3s2)o1. The van der Waals surface area contributed by atoms with Gasteiger partial charge in [0.05, 0.1) is 23.0 Å². The molecular formula is C21H19N3O4S. The summed E-state index contributed by atoms with van der Waals surface area (Å²) in [6, 6.07) is 14.9. The van der Waals surface area contributed by atoms with Crippen molar-refractivity contribution in [3.63, 3.8) is 0 Å². The van der Waals surface area contributed by atoms with E-state index in [1.165, 1.54) is 6.26 Å². The first kappa shape index (κ1) is 18.9. The molecule has 0 unspecified atom stereocenters. The van der Waals surface area contributed by atoms with Gasteiger partial charge in [0.15, 0.2) is 16.5 Å². The van der Waals surface area contributed by atoms with Crippen LogP contribution >= 0.6 is 11.3 Å². The maximum Gasteiger partial charge on any atom is 0.286 e. The molecule has 0 spiro atoms. The van der Waals surface area contributed by atoms with Crippen molar-refractivity contribution in [3.8, 4) is 10.8 Å². The van der Waals surface area contributed by atoms with Crippen molar-refractivity contribution in [1.82, 2.24) is 15.6 Å². The Hall–Kier alpha value is -3.39. The van der Waals surface area contributed by atoms with E-state index >= 15 is 0 Å². The Morgan fingerprint density at radius 2 is 1.93 bits per heavy atom. The topological polar surface area (TPSA) is 97.4 Å².